The number of hydrogen-bond acceptors (Lipinski definition) is 5. The average Bonchev–Trinajstić information content (AvgIpc) is 2.60. The summed E-state index contributed by atoms with van der Waals surface area (Å²) < 4.78 is 10.2. The topological polar surface area (TPSA) is 67.8 Å². The lowest BCUT2D eigenvalue weighted by molar-refractivity contribution is -0.153. The molecule has 23 heavy (non-hydrogen) atoms. The zero-order valence-corrected chi connectivity index (χ0v) is 13.2. The minimum atomic E-state index is -1.33. The van der Waals surface area contributed by atoms with Gasteiger partial charge in [0.15, 0.2) is 6.10 Å². The Bertz CT molecular complexity index is 630. The monoisotopic (exact) mass is 315 g/mol. The summed E-state index contributed by atoms with van der Waals surface area (Å²) >= 11 is 0. The third kappa shape index (κ3) is 4.23. The van der Waals surface area contributed by atoms with Crippen molar-refractivity contribution in [1.82, 2.24) is 0 Å². The molecule has 0 aliphatic carbocycles. The van der Waals surface area contributed by atoms with Gasteiger partial charge < -0.3 is 19.9 Å². The van der Waals surface area contributed by atoms with Crippen LogP contribution in [-0.2, 0) is 9.53 Å². The van der Waals surface area contributed by atoms with E-state index in [2.05, 4.69) is 5.32 Å². The zero-order chi connectivity index (χ0) is 16.7. The van der Waals surface area contributed by atoms with Gasteiger partial charge >= 0.3 is 5.97 Å². The van der Waals surface area contributed by atoms with E-state index in [1.165, 1.54) is 0 Å². The van der Waals surface area contributed by atoms with Crippen LogP contribution < -0.4 is 10.1 Å². The highest BCUT2D eigenvalue weighted by atomic mass is 16.5. The molecule has 0 unspecified atom stereocenters. The van der Waals surface area contributed by atoms with Crippen molar-refractivity contribution in [2.45, 2.75) is 19.1 Å². The Morgan fingerprint density at radius 2 is 1.78 bits per heavy atom. The van der Waals surface area contributed by atoms with Gasteiger partial charge in [0.1, 0.15) is 5.75 Å². The Balaban J connectivity index is 2.32. The Morgan fingerprint density at radius 1 is 1.13 bits per heavy atom. The molecule has 2 rings (SSSR count). The zero-order valence-electron chi connectivity index (χ0n) is 13.2. The maximum atomic E-state index is 12.0. The molecule has 5 heteroatoms. The van der Waals surface area contributed by atoms with Crippen molar-refractivity contribution in [3.8, 4) is 5.75 Å². The Kier molecular flexibility index (Phi) is 6.00. The number of methoxy groups -OCH3 is 1. The van der Waals surface area contributed by atoms with E-state index in [1.54, 1.807) is 20.1 Å². The van der Waals surface area contributed by atoms with Crippen molar-refractivity contribution < 1.29 is 19.4 Å². The van der Waals surface area contributed by atoms with Gasteiger partial charge in [0.25, 0.3) is 0 Å². The Labute approximate surface area is 135 Å². The summed E-state index contributed by atoms with van der Waals surface area (Å²) in [6.45, 7) is 1.92. The van der Waals surface area contributed by atoms with Crippen LogP contribution in [0.1, 0.15) is 18.5 Å². The smallest absolute Gasteiger partial charge is 0.337 e. The van der Waals surface area contributed by atoms with Gasteiger partial charge in [-0.2, -0.15) is 0 Å². The van der Waals surface area contributed by atoms with Crippen LogP contribution in [0.2, 0.25) is 0 Å². The third-order valence-corrected chi connectivity index (χ3v) is 3.42. The number of benzene rings is 2. The highest BCUT2D eigenvalue weighted by molar-refractivity contribution is 5.76. The minimum absolute atomic E-state index is 0.214. The van der Waals surface area contributed by atoms with Crippen molar-refractivity contribution in [1.29, 1.82) is 0 Å². The van der Waals surface area contributed by atoms with Crippen LogP contribution in [0.25, 0.3) is 0 Å². The number of hydrogen-bond donors (Lipinski definition) is 2. The van der Waals surface area contributed by atoms with Crippen molar-refractivity contribution in [3.63, 3.8) is 0 Å². The van der Waals surface area contributed by atoms with Crippen LogP contribution >= 0.6 is 0 Å². The SMILES string of the molecule is CCOC(=O)[C@H](O)[C@@H](Nc1ccccc1OC)c1ccccc1. The van der Waals surface area contributed by atoms with Gasteiger partial charge in [-0.1, -0.05) is 42.5 Å². The Morgan fingerprint density at radius 3 is 2.43 bits per heavy atom. The van der Waals surface area contributed by atoms with Crippen molar-refractivity contribution in [3.05, 3.63) is 60.2 Å². The highest BCUT2D eigenvalue weighted by Crippen LogP contribution is 2.29. The minimum Gasteiger partial charge on any atom is -0.495 e. The molecule has 2 N–H and O–H groups in total. The average molecular weight is 315 g/mol. The molecule has 0 bridgehead atoms. The first-order chi connectivity index (χ1) is 11.2. The van der Waals surface area contributed by atoms with Crippen LogP contribution in [0, 0.1) is 0 Å². The first kappa shape index (κ1) is 16.8. The standard InChI is InChI=1S/C18H21NO4/c1-3-23-18(21)17(20)16(13-9-5-4-6-10-13)19-14-11-7-8-12-15(14)22-2/h4-12,16-17,19-20H,3H2,1-2H3/t16-,17+/m0/s1. The third-order valence-electron chi connectivity index (χ3n) is 3.42. The molecule has 0 saturated heterocycles. The molecule has 0 saturated carbocycles. The van der Waals surface area contributed by atoms with Gasteiger partial charge in [0, 0.05) is 0 Å². The van der Waals surface area contributed by atoms with Crippen LogP contribution in [0.5, 0.6) is 5.75 Å². The quantitative estimate of drug-likeness (QED) is 0.769. The lowest BCUT2D eigenvalue weighted by atomic mass is 10.0. The van der Waals surface area contributed by atoms with Crippen molar-refractivity contribution in [2.75, 3.05) is 19.0 Å². The molecule has 0 fully saturated rings. The number of aliphatic hydroxyl groups excluding tert-OH is 1. The van der Waals surface area contributed by atoms with Crippen LogP contribution in [0.15, 0.2) is 54.6 Å². The molecular weight excluding hydrogens is 294 g/mol. The molecule has 2 atom stereocenters. The van der Waals surface area contributed by atoms with Crippen LogP contribution in [0.4, 0.5) is 5.69 Å². The van der Waals surface area contributed by atoms with E-state index in [-0.39, 0.29) is 6.61 Å². The van der Waals surface area contributed by atoms with E-state index in [1.807, 2.05) is 48.5 Å². The first-order valence-corrected chi connectivity index (χ1v) is 7.46. The Hall–Kier alpha value is -2.53. The maximum absolute atomic E-state index is 12.0. The van der Waals surface area contributed by atoms with Gasteiger partial charge in [0.2, 0.25) is 0 Å². The second-order valence-corrected chi connectivity index (χ2v) is 4.93. The van der Waals surface area contributed by atoms with Gasteiger partial charge in [-0.05, 0) is 24.6 Å². The summed E-state index contributed by atoms with van der Waals surface area (Å²) in [5, 5.41) is 13.6. The van der Waals surface area contributed by atoms with E-state index in [0.29, 0.717) is 11.4 Å². The molecule has 0 aromatic heterocycles. The summed E-state index contributed by atoms with van der Waals surface area (Å²) in [5.41, 5.74) is 1.46. The lowest BCUT2D eigenvalue weighted by Crippen LogP contribution is -2.34. The molecule has 0 radical (unpaired) electrons. The molecule has 0 aliphatic rings. The van der Waals surface area contributed by atoms with Crippen LogP contribution in [0.3, 0.4) is 0 Å². The summed E-state index contributed by atoms with van der Waals surface area (Å²) in [4.78, 5) is 12.0. The fourth-order valence-electron chi connectivity index (χ4n) is 2.30. The number of aliphatic hydroxyl groups is 1. The normalized spacial score (nSPS) is 13.0. The second kappa shape index (κ2) is 8.19. The fourth-order valence-corrected chi connectivity index (χ4v) is 2.30. The molecule has 122 valence electrons. The van der Waals surface area contributed by atoms with Gasteiger partial charge in [-0.3, -0.25) is 0 Å². The highest BCUT2D eigenvalue weighted by Gasteiger charge is 2.29. The molecule has 0 spiro atoms. The molecular formula is C18H21NO4. The molecule has 5 nitrogen and oxygen atoms in total. The van der Waals surface area contributed by atoms with E-state index >= 15 is 0 Å². The summed E-state index contributed by atoms with van der Waals surface area (Å²) in [6, 6.07) is 16.0. The number of anilines is 1. The van der Waals surface area contributed by atoms with E-state index < -0.39 is 18.1 Å². The molecule has 2 aromatic carbocycles. The van der Waals surface area contributed by atoms with Gasteiger partial charge in [0.05, 0.1) is 25.4 Å². The molecule has 0 heterocycles. The number of nitrogens with one attached hydrogen (secondary N) is 1. The number of rotatable bonds is 7. The maximum Gasteiger partial charge on any atom is 0.337 e. The van der Waals surface area contributed by atoms with Crippen molar-refractivity contribution >= 4 is 11.7 Å². The number of ether oxygens (including phenoxy) is 2. The number of carbonyl (C=O) groups excluding carboxylic acids is 1. The van der Waals surface area contributed by atoms with Crippen LogP contribution in [-0.4, -0.2) is 30.9 Å². The number of carbonyl (C=O) groups is 1. The summed E-state index contributed by atoms with van der Waals surface area (Å²) in [6.07, 6.45) is -1.33. The predicted molar refractivity (Wildman–Crippen MR) is 88.4 cm³/mol. The largest absolute Gasteiger partial charge is 0.495 e. The first-order valence-electron chi connectivity index (χ1n) is 7.46. The molecule has 0 aliphatic heterocycles. The summed E-state index contributed by atoms with van der Waals surface area (Å²) in [7, 11) is 1.57. The summed E-state index contributed by atoms with van der Waals surface area (Å²) in [5.74, 6) is -0.0340. The molecule has 0 amide bonds. The fraction of sp³-hybridized carbons (Fsp3) is 0.278. The van der Waals surface area contributed by atoms with Gasteiger partial charge in [-0.25, -0.2) is 4.79 Å². The van der Waals surface area contributed by atoms with Gasteiger partial charge in [-0.15, -0.1) is 0 Å². The van der Waals surface area contributed by atoms with E-state index in [4.69, 9.17) is 9.47 Å². The second-order valence-electron chi connectivity index (χ2n) is 4.93. The van der Waals surface area contributed by atoms with E-state index in [9.17, 15) is 9.90 Å². The lowest BCUT2D eigenvalue weighted by Gasteiger charge is -2.25. The predicted octanol–water partition coefficient (Wildman–Crippen LogP) is 2.77. The molecule has 2 aromatic rings. The number of esters is 1. The number of para-hydroxylation sites is 2. The van der Waals surface area contributed by atoms with Crippen molar-refractivity contribution in [2.24, 2.45) is 0 Å². The van der Waals surface area contributed by atoms with E-state index in [0.717, 1.165) is 5.56 Å².